The summed E-state index contributed by atoms with van der Waals surface area (Å²) < 4.78 is 5.08. The van der Waals surface area contributed by atoms with Crippen LogP contribution in [-0.2, 0) is 4.74 Å². The number of carbonyl (C=O) groups excluding carboxylic acids is 1. The first-order chi connectivity index (χ1) is 13.0. The maximum absolute atomic E-state index is 11.8. The quantitative estimate of drug-likeness (QED) is 0.352. The van der Waals surface area contributed by atoms with Crippen molar-refractivity contribution >= 4 is 36.0 Å². The molecular weight excluding hydrogens is 467 g/mol. The van der Waals surface area contributed by atoms with Gasteiger partial charge in [-0.15, -0.1) is 24.0 Å². The fourth-order valence-electron chi connectivity index (χ4n) is 3.24. The van der Waals surface area contributed by atoms with Gasteiger partial charge in [0.1, 0.15) is 0 Å². The molecule has 7 heteroatoms. The standard InChI is InChI=1S/C21H34N4O2.HI/c1-5-22-20(23-15-17(4)18-9-7-8-16(3)14-18)24-19-10-12-25(13-11-19)21(26)27-6-2;/h7-9,14,17,19H,5-6,10-13,15H2,1-4H3,(H2,22,23,24);1H. The minimum absolute atomic E-state index is 0. The third-order valence-corrected chi connectivity index (χ3v) is 4.84. The molecule has 28 heavy (non-hydrogen) atoms. The van der Waals surface area contributed by atoms with Gasteiger partial charge < -0.3 is 20.3 Å². The Labute approximate surface area is 186 Å². The molecule has 0 saturated carbocycles. The summed E-state index contributed by atoms with van der Waals surface area (Å²) in [6.07, 6.45) is 1.59. The molecule has 1 amide bonds. The Morgan fingerprint density at radius 1 is 1.32 bits per heavy atom. The summed E-state index contributed by atoms with van der Waals surface area (Å²) in [7, 11) is 0. The van der Waals surface area contributed by atoms with Crippen molar-refractivity contribution in [2.75, 3.05) is 32.8 Å². The van der Waals surface area contributed by atoms with Crippen LogP contribution in [0.25, 0.3) is 0 Å². The number of carbonyl (C=O) groups is 1. The second-order valence-corrected chi connectivity index (χ2v) is 7.14. The number of amides is 1. The number of benzene rings is 1. The SMILES string of the molecule is CCNC(=NCC(C)c1cccc(C)c1)NC1CCN(C(=O)OCC)CC1.I. The molecule has 158 valence electrons. The van der Waals surface area contributed by atoms with E-state index in [1.165, 1.54) is 11.1 Å². The predicted octanol–water partition coefficient (Wildman–Crippen LogP) is 3.89. The maximum atomic E-state index is 11.8. The van der Waals surface area contributed by atoms with Crippen molar-refractivity contribution < 1.29 is 9.53 Å². The van der Waals surface area contributed by atoms with Gasteiger partial charge in [-0.3, -0.25) is 4.99 Å². The van der Waals surface area contributed by atoms with Crippen LogP contribution in [0.1, 0.15) is 50.7 Å². The minimum atomic E-state index is -0.205. The van der Waals surface area contributed by atoms with Crippen LogP contribution in [0, 0.1) is 6.92 Å². The van der Waals surface area contributed by atoms with E-state index in [0.717, 1.165) is 45.0 Å². The summed E-state index contributed by atoms with van der Waals surface area (Å²) in [4.78, 5) is 18.4. The zero-order valence-electron chi connectivity index (χ0n) is 17.5. The van der Waals surface area contributed by atoms with Gasteiger partial charge in [-0.2, -0.15) is 0 Å². The molecule has 0 radical (unpaired) electrons. The highest BCUT2D eigenvalue weighted by Gasteiger charge is 2.24. The average Bonchev–Trinajstić information content (AvgIpc) is 2.67. The topological polar surface area (TPSA) is 66.0 Å². The zero-order chi connectivity index (χ0) is 19.6. The Kier molecular flexibility index (Phi) is 11.3. The third-order valence-electron chi connectivity index (χ3n) is 4.84. The number of aryl methyl sites for hydroxylation is 1. The van der Waals surface area contributed by atoms with E-state index in [-0.39, 0.29) is 30.1 Å². The number of ether oxygens (including phenoxy) is 1. The molecule has 2 rings (SSSR count). The Balaban J connectivity index is 0.00000392. The van der Waals surface area contributed by atoms with Crippen LogP contribution in [0.3, 0.4) is 0 Å². The molecule has 1 fully saturated rings. The summed E-state index contributed by atoms with van der Waals surface area (Å²) in [5.41, 5.74) is 2.60. The van der Waals surface area contributed by atoms with Gasteiger partial charge in [0, 0.05) is 38.1 Å². The number of hydrogen-bond acceptors (Lipinski definition) is 3. The number of nitrogens with one attached hydrogen (secondary N) is 2. The van der Waals surface area contributed by atoms with Gasteiger partial charge >= 0.3 is 6.09 Å². The van der Waals surface area contributed by atoms with Crippen LogP contribution in [0.4, 0.5) is 4.79 Å². The van der Waals surface area contributed by atoms with E-state index < -0.39 is 0 Å². The Bertz CT molecular complexity index is 631. The summed E-state index contributed by atoms with van der Waals surface area (Å²) in [6.45, 7) is 11.7. The predicted molar refractivity (Wildman–Crippen MR) is 126 cm³/mol. The molecule has 2 N–H and O–H groups in total. The number of hydrogen-bond donors (Lipinski definition) is 2. The van der Waals surface area contributed by atoms with Gasteiger partial charge in [-0.25, -0.2) is 4.79 Å². The van der Waals surface area contributed by atoms with Crippen molar-refractivity contribution in [1.82, 2.24) is 15.5 Å². The molecule has 1 unspecified atom stereocenters. The number of piperidine rings is 1. The minimum Gasteiger partial charge on any atom is -0.450 e. The lowest BCUT2D eigenvalue weighted by Crippen LogP contribution is -2.50. The summed E-state index contributed by atoms with van der Waals surface area (Å²) in [6, 6.07) is 8.94. The van der Waals surface area contributed by atoms with Crippen LogP contribution in [0.5, 0.6) is 0 Å². The molecule has 0 aliphatic carbocycles. The number of nitrogens with zero attached hydrogens (tertiary/aromatic N) is 2. The lowest BCUT2D eigenvalue weighted by Gasteiger charge is -2.32. The number of aliphatic imine (C=N–C) groups is 1. The molecule has 1 saturated heterocycles. The van der Waals surface area contributed by atoms with Gasteiger partial charge in [-0.05, 0) is 39.2 Å². The summed E-state index contributed by atoms with van der Waals surface area (Å²) in [5.74, 6) is 1.22. The molecule has 1 aromatic carbocycles. The van der Waals surface area contributed by atoms with Gasteiger partial charge in [0.2, 0.25) is 0 Å². The highest BCUT2D eigenvalue weighted by molar-refractivity contribution is 14.0. The molecule has 1 heterocycles. The number of guanidine groups is 1. The lowest BCUT2D eigenvalue weighted by molar-refractivity contribution is 0.0963. The van der Waals surface area contributed by atoms with Crippen LogP contribution >= 0.6 is 24.0 Å². The molecule has 1 aliphatic heterocycles. The first kappa shape index (κ1) is 24.5. The summed E-state index contributed by atoms with van der Waals surface area (Å²) in [5, 5.41) is 6.86. The Hall–Kier alpha value is -1.51. The third kappa shape index (κ3) is 7.85. The normalized spacial score (nSPS) is 16.1. The smallest absolute Gasteiger partial charge is 0.409 e. The number of likely N-dealkylation sites (tertiary alicyclic amines) is 1. The van der Waals surface area contributed by atoms with Crippen molar-refractivity contribution in [3.8, 4) is 0 Å². The molecular formula is C21H35IN4O2. The largest absolute Gasteiger partial charge is 0.450 e. The first-order valence-electron chi connectivity index (χ1n) is 10.1. The van der Waals surface area contributed by atoms with Crippen LogP contribution in [0.15, 0.2) is 29.3 Å². The lowest BCUT2D eigenvalue weighted by atomic mass is 10.00. The maximum Gasteiger partial charge on any atom is 0.409 e. The van der Waals surface area contributed by atoms with Crippen LogP contribution in [-0.4, -0.2) is 55.8 Å². The highest BCUT2D eigenvalue weighted by Crippen LogP contribution is 2.17. The van der Waals surface area contributed by atoms with Crippen LogP contribution in [0.2, 0.25) is 0 Å². The highest BCUT2D eigenvalue weighted by atomic mass is 127. The van der Waals surface area contributed by atoms with Gasteiger partial charge in [0.15, 0.2) is 5.96 Å². The van der Waals surface area contributed by atoms with Gasteiger partial charge in [0.25, 0.3) is 0 Å². The van der Waals surface area contributed by atoms with E-state index in [1.54, 1.807) is 4.90 Å². The van der Waals surface area contributed by atoms with E-state index in [0.29, 0.717) is 18.6 Å². The Morgan fingerprint density at radius 2 is 2.04 bits per heavy atom. The van der Waals surface area contributed by atoms with Crippen molar-refractivity contribution in [1.29, 1.82) is 0 Å². The fraction of sp³-hybridized carbons (Fsp3) is 0.619. The van der Waals surface area contributed by atoms with E-state index in [1.807, 2.05) is 6.92 Å². The number of halogens is 1. The van der Waals surface area contributed by atoms with Crippen molar-refractivity contribution in [3.05, 3.63) is 35.4 Å². The first-order valence-corrected chi connectivity index (χ1v) is 10.1. The second-order valence-electron chi connectivity index (χ2n) is 7.14. The van der Waals surface area contributed by atoms with Crippen molar-refractivity contribution in [2.45, 2.75) is 52.5 Å². The van der Waals surface area contributed by atoms with Gasteiger partial charge in [-0.1, -0.05) is 36.8 Å². The number of rotatable bonds is 6. The average molecular weight is 502 g/mol. The molecule has 0 aromatic heterocycles. The zero-order valence-corrected chi connectivity index (χ0v) is 19.9. The van der Waals surface area contributed by atoms with E-state index in [9.17, 15) is 4.79 Å². The van der Waals surface area contributed by atoms with Crippen molar-refractivity contribution in [3.63, 3.8) is 0 Å². The summed E-state index contributed by atoms with van der Waals surface area (Å²) >= 11 is 0. The second kappa shape index (κ2) is 12.9. The fourth-order valence-corrected chi connectivity index (χ4v) is 3.24. The molecule has 1 aromatic rings. The molecule has 1 atom stereocenters. The molecule has 1 aliphatic rings. The Morgan fingerprint density at radius 3 is 2.64 bits per heavy atom. The monoisotopic (exact) mass is 502 g/mol. The van der Waals surface area contributed by atoms with Gasteiger partial charge in [0.05, 0.1) is 6.61 Å². The molecule has 6 nitrogen and oxygen atoms in total. The van der Waals surface area contributed by atoms with Crippen LogP contribution < -0.4 is 10.6 Å². The van der Waals surface area contributed by atoms with E-state index in [2.05, 4.69) is 55.7 Å². The molecule has 0 bridgehead atoms. The molecule has 0 spiro atoms. The van der Waals surface area contributed by atoms with Crippen molar-refractivity contribution in [2.24, 2.45) is 4.99 Å². The van der Waals surface area contributed by atoms with E-state index >= 15 is 0 Å². The van der Waals surface area contributed by atoms with E-state index in [4.69, 9.17) is 9.73 Å².